The van der Waals surface area contributed by atoms with E-state index in [-0.39, 0.29) is 69.0 Å². The Balaban J connectivity index is 0. The second-order valence-electron chi connectivity index (χ2n) is 25.4. The molecule has 0 heterocycles. The van der Waals surface area contributed by atoms with Crippen molar-refractivity contribution in [3.8, 4) is 0 Å². The zero-order chi connectivity index (χ0) is 46.7. The van der Waals surface area contributed by atoms with Crippen LogP contribution in [-0.2, 0) is 19.6 Å². The van der Waals surface area contributed by atoms with Crippen LogP contribution in [0.3, 0.4) is 0 Å². The standard InChI is InChI=1S/3C16H32NPSi2.Ge.K/c3*1-17(2)13-14-11-9-10-12-15(14)18-16(19(3,4)5)20(6,7)8;;/h3*9-12,16,18H,13H2,1-8H3;;/q;;;;+1/p+6. The fraction of sp³-hybridized carbons (Fsp3) is 0.625. The van der Waals surface area contributed by atoms with Gasteiger partial charge >= 0.3 is 51.4 Å². The number of benzene rings is 3. The van der Waals surface area contributed by atoms with E-state index >= 15 is 0 Å². The molecule has 346 valence electrons. The van der Waals surface area contributed by atoms with Crippen LogP contribution in [-0.4, -0.2) is 123 Å². The number of rotatable bonds is 18. The summed E-state index contributed by atoms with van der Waals surface area (Å²) in [5.41, 5.74) is 4.76. The maximum Gasteiger partial charge on any atom is 1.00 e. The van der Waals surface area contributed by atoms with Crippen molar-refractivity contribution < 1.29 is 66.1 Å². The van der Waals surface area contributed by atoms with E-state index in [1.54, 1.807) is 32.6 Å². The zero-order valence-electron chi connectivity index (χ0n) is 45.5. The summed E-state index contributed by atoms with van der Waals surface area (Å²) in [7, 11) is 8.31. The van der Waals surface area contributed by atoms with E-state index in [4.69, 9.17) is 0 Å². The molecule has 0 amide bonds. The normalized spacial score (nSPS) is 13.5. The quantitative estimate of drug-likeness (QED) is 0.126. The van der Waals surface area contributed by atoms with Gasteiger partial charge in [0.2, 0.25) is 0 Å². The van der Waals surface area contributed by atoms with E-state index < -0.39 is 48.4 Å². The van der Waals surface area contributed by atoms with Gasteiger partial charge in [0.15, 0.2) is 0 Å². The first-order valence-corrected chi connectivity index (χ1v) is 48.4. The molecule has 3 N–H and O–H groups in total. The molecule has 0 aliphatic carbocycles. The van der Waals surface area contributed by atoms with Crippen LogP contribution in [0.25, 0.3) is 0 Å². The van der Waals surface area contributed by atoms with Gasteiger partial charge in [-0.2, -0.15) is 0 Å². The molecule has 3 atom stereocenters. The van der Waals surface area contributed by atoms with Gasteiger partial charge in [-0.3, -0.25) is 0 Å². The second kappa shape index (κ2) is 28.8. The molecule has 0 saturated heterocycles. The topological polar surface area (TPSA) is 13.3 Å². The van der Waals surface area contributed by atoms with E-state index in [0.717, 1.165) is 34.4 Å². The molecule has 0 aliphatic heterocycles. The Labute approximate surface area is 452 Å². The first-order valence-electron chi connectivity index (χ1n) is 23.2. The van der Waals surface area contributed by atoms with E-state index in [0.29, 0.717) is 25.7 Å². The van der Waals surface area contributed by atoms with Crippen molar-refractivity contribution in [1.82, 2.24) is 0 Å². The molecule has 62 heavy (non-hydrogen) atoms. The van der Waals surface area contributed by atoms with Crippen LogP contribution in [0.1, 0.15) is 16.7 Å². The van der Waals surface area contributed by atoms with Crippen LogP contribution in [0.15, 0.2) is 72.8 Å². The summed E-state index contributed by atoms with van der Waals surface area (Å²) in [5, 5.41) is 5.05. The van der Waals surface area contributed by atoms with Gasteiger partial charge in [0.05, 0.1) is 107 Å². The van der Waals surface area contributed by atoms with Crippen LogP contribution in [0.2, 0.25) is 118 Å². The Kier molecular flexibility index (Phi) is 30.9. The Morgan fingerprint density at radius 1 is 0.339 bits per heavy atom. The first-order chi connectivity index (χ1) is 27.0. The van der Waals surface area contributed by atoms with Gasteiger partial charge in [-0.1, -0.05) is 154 Å². The van der Waals surface area contributed by atoms with Crippen molar-refractivity contribution in [2.24, 2.45) is 0 Å². The predicted molar refractivity (Wildman–Crippen MR) is 314 cm³/mol. The average Bonchev–Trinajstić information content (AvgIpc) is 3.03. The summed E-state index contributed by atoms with van der Waals surface area (Å²) in [6.07, 6.45) is 0. The summed E-state index contributed by atoms with van der Waals surface area (Å²) in [5.74, 6) is 0. The molecule has 4 radical (unpaired) electrons. The molecule has 3 nitrogen and oxygen atoms in total. The molecule has 3 aromatic rings. The first kappa shape index (κ1) is 66.4. The van der Waals surface area contributed by atoms with Crippen molar-refractivity contribution in [2.75, 3.05) is 42.3 Å². The summed E-state index contributed by atoms with van der Waals surface area (Å²) in [4.78, 5) is 7.67. The largest absolute Gasteiger partial charge is 1.00 e. The molecule has 0 bridgehead atoms. The van der Waals surface area contributed by atoms with Crippen LogP contribution in [0, 0.1) is 0 Å². The maximum atomic E-state index is 2.57. The fourth-order valence-corrected chi connectivity index (χ4v) is 59.0. The van der Waals surface area contributed by atoms with Gasteiger partial charge in [0.1, 0.15) is 19.6 Å². The smallest absolute Gasteiger partial charge is 0.336 e. The second-order valence-corrected chi connectivity index (χ2v) is 68.1. The minimum absolute atomic E-state index is 0. The van der Waals surface area contributed by atoms with Crippen molar-refractivity contribution in [3.05, 3.63) is 89.5 Å². The van der Waals surface area contributed by atoms with Crippen molar-refractivity contribution >= 4 is 108 Å². The minimum Gasteiger partial charge on any atom is -0.336 e. The summed E-state index contributed by atoms with van der Waals surface area (Å²) < 4.78 is 0. The molecule has 14 heteroatoms. The maximum absolute atomic E-state index is 2.57. The average molecular weight is 1090 g/mol. The predicted octanol–water partition coefficient (Wildman–Crippen LogP) is 4.10. The summed E-state index contributed by atoms with van der Waals surface area (Å²) in [6.45, 7) is 49.8. The minimum atomic E-state index is -1.08. The molecule has 3 rings (SSSR count). The molecular formula is C48H102GeKN3P3Si6+7. The zero-order valence-corrected chi connectivity index (χ0v) is 60.2. The van der Waals surface area contributed by atoms with Crippen LogP contribution in [0.4, 0.5) is 0 Å². The van der Waals surface area contributed by atoms with Crippen molar-refractivity contribution in [3.63, 3.8) is 0 Å². The van der Waals surface area contributed by atoms with E-state index in [1.807, 2.05) is 0 Å². The third kappa shape index (κ3) is 25.8. The van der Waals surface area contributed by atoms with Crippen molar-refractivity contribution in [2.45, 2.75) is 152 Å². The molecule has 0 saturated carbocycles. The number of hydrogen-bond acceptors (Lipinski definition) is 0. The number of hydrogen-bond donors (Lipinski definition) is 3. The molecule has 3 aromatic carbocycles. The van der Waals surface area contributed by atoms with Crippen molar-refractivity contribution in [1.29, 1.82) is 0 Å². The molecule has 0 spiro atoms. The van der Waals surface area contributed by atoms with E-state index in [9.17, 15) is 0 Å². The number of nitrogens with one attached hydrogen (secondary N) is 3. The van der Waals surface area contributed by atoms with Gasteiger partial charge in [-0.15, -0.1) is 0 Å². The SMILES string of the molecule is C[NH+](C)Cc1ccccc1[PH2+]C([Si](C)(C)C)[Si](C)(C)C.C[NH+](C)Cc1ccccc1[PH2+]C([Si](C)(C)C)[Si](C)(C)C.C[NH+](C)Cc1ccccc1[PH2+]C([Si](C)(C)C)[Si](C)(C)C.[Ge].[K+]. The Morgan fingerprint density at radius 2 is 0.500 bits per heavy atom. The van der Waals surface area contributed by atoms with Gasteiger partial charge in [0, 0.05) is 74.7 Å². The third-order valence-electron chi connectivity index (χ3n) is 11.4. The molecule has 0 aromatic heterocycles. The molecule has 0 aliphatic rings. The Morgan fingerprint density at radius 3 is 0.645 bits per heavy atom. The fourth-order valence-electron chi connectivity index (χ4n) is 9.65. The monoisotopic (exact) mass is 1090 g/mol. The summed E-state index contributed by atoms with van der Waals surface area (Å²) in [6, 6.07) is 27.6. The van der Waals surface area contributed by atoms with Gasteiger partial charge in [0.25, 0.3) is 0 Å². The summed E-state index contributed by atoms with van der Waals surface area (Å²) >= 11 is 0. The molecule has 0 fully saturated rings. The Hall–Kier alpha value is 2.31. The van der Waals surface area contributed by atoms with Crippen LogP contribution in [0.5, 0.6) is 0 Å². The molecular weight excluding hydrogens is 992 g/mol. The van der Waals surface area contributed by atoms with Crippen LogP contribution < -0.4 is 82.0 Å². The van der Waals surface area contributed by atoms with E-state index in [2.05, 4.69) is 233 Å². The molecule has 3 unspecified atom stereocenters. The van der Waals surface area contributed by atoms with Crippen LogP contribution >= 0.6 is 25.7 Å². The Bertz CT molecular complexity index is 1470. The van der Waals surface area contributed by atoms with Gasteiger partial charge in [-0.05, 0) is 36.4 Å². The third-order valence-corrected chi connectivity index (χ3v) is 63.0. The van der Waals surface area contributed by atoms with E-state index in [1.165, 1.54) is 14.7 Å². The van der Waals surface area contributed by atoms with Gasteiger partial charge in [-0.25, -0.2) is 0 Å². The number of quaternary nitrogens is 3. The van der Waals surface area contributed by atoms with Gasteiger partial charge < -0.3 is 14.7 Å².